The van der Waals surface area contributed by atoms with Crippen LogP contribution in [0.4, 0.5) is 0 Å². The van der Waals surface area contributed by atoms with Crippen LogP contribution in [0.5, 0.6) is 0 Å². The molecular formula is C20H12N8O. The Hall–Kier alpha value is -4.40. The summed E-state index contributed by atoms with van der Waals surface area (Å²) in [6.07, 6.45) is 9.99. The van der Waals surface area contributed by atoms with Crippen molar-refractivity contribution in [2.75, 3.05) is 0 Å². The number of furan rings is 1. The van der Waals surface area contributed by atoms with Crippen molar-refractivity contribution in [1.82, 2.24) is 40.1 Å². The van der Waals surface area contributed by atoms with Gasteiger partial charge in [-0.3, -0.25) is 15.1 Å². The fourth-order valence-corrected chi connectivity index (χ4v) is 3.32. The number of nitrogens with one attached hydrogen (secondary N) is 2. The number of H-pyrrole nitrogens is 2. The second-order valence-electron chi connectivity index (χ2n) is 6.41. The van der Waals surface area contributed by atoms with E-state index in [2.05, 4.69) is 35.1 Å². The van der Waals surface area contributed by atoms with E-state index in [0.717, 1.165) is 22.2 Å². The van der Waals surface area contributed by atoms with E-state index in [0.29, 0.717) is 34.1 Å². The molecule has 0 spiro atoms. The number of pyridine rings is 2. The Morgan fingerprint density at radius 2 is 1.90 bits per heavy atom. The molecule has 6 rings (SSSR count). The van der Waals surface area contributed by atoms with Gasteiger partial charge in [0.1, 0.15) is 11.2 Å². The third kappa shape index (κ3) is 2.48. The first-order chi connectivity index (χ1) is 14.4. The molecule has 0 amide bonds. The van der Waals surface area contributed by atoms with Crippen molar-refractivity contribution in [3.05, 3.63) is 61.6 Å². The van der Waals surface area contributed by atoms with Gasteiger partial charge < -0.3 is 9.40 Å². The first kappa shape index (κ1) is 15.6. The molecule has 2 N–H and O–H groups in total. The Labute approximate surface area is 162 Å². The Kier molecular flexibility index (Phi) is 3.27. The Morgan fingerprint density at radius 1 is 0.897 bits per heavy atom. The summed E-state index contributed by atoms with van der Waals surface area (Å²) in [6.45, 7) is 0. The van der Waals surface area contributed by atoms with E-state index in [4.69, 9.17) is 9.40 Å². The molecular weight excluding hydrogens is 368 g/mol. The summed E-state index contributed by atoms with van der Waals surface area (Å²) in [4.78, 5) is 25.5. The number of aromatic amines is 2. The van der Waals surface area contributed by atoms with Crippen LogP contribution in [0.2, 0.25) is 0 Å². The van der Waals surface area contributed by atoms with Crippen LogP contribution >= 0.6 is 0 Å². The smallest absolute Gasteiger partial charge is 0.178 e. The summed E-state index contributed by atoms with van der Waals surface area (Å²) in [5.74, 6) is 0.582. The number of aromatic nitrogens is 8. The molecule has 0 saturated carbocycles. The highest BCUT2D eigenvalue weighted by molar-refractivity contribution is 5.94. The van der Waals surface area contributed by atoms with E-state index in [1.54, 1.807) is 37.3 Å². The standard InChI is InChI=1S/C20H12N8O/c1-2-14-17(24-13(1)15-9-21-6-7-22-15)18(28-27-14)20-25-16-12(11-4-8-29-10-11)3-5-23-19(16)26-20/h1-10H,(H,27,28)(H,23,25,26). The highest BCUT2D eigenvalue weighted by Crippen LogP contribution is 2.30. The zero-order valence-electron chi connectivity index (χ0n) is 14.9. The van der Waals surface area contributed by atoms with Crippen molar-refractivity contribution < 1.29 is 4.42 Å². The van der Waals surface area contributed by atoms with Gasteiger partial charge in [-0.05, 0) is 24.3 Å². The second kappa shape index (κ2) is 6.06. The summed E-state index contributed by atoms with van der Waals surface area (Å²) < 4.78 is 5.22. The van der Waals surface area contributed by atoms with Crippen molar-refractivity contribution in [3.8, 4) is 34.0 Å². The molecule has 0 aromatic carbocycles. The normalized spacial score (nSPS) is 11.4. The summed E-state index contributed by atoms with van der Waals surface area (Å²) >= 11 is 0. The molecule has 0 aliphatic heterocycles. The monoisotopic (exact) mass is 380 g/mol. The molecule has 29 heavy (non-hydrogen) atoms. The van der Waals surface area contributed by atoms with Crippen molar-refractivity contribution in [3.63, 3.8) is 0 Å². The Balaban J connectivity index is 1.53. The molecule has 6 aromatic heterocycles. The molecule has 0 radical (unpaired) electrons. The van der Waals surface area contributed by atoms with Gasteiger partial charge in [0, 0.05) is 29.7 Å². The highest BCUT2D eigenvalue weighted by Gasteiger charge is 2.17. The van der Waals surface area contributed by atoms with Crippen molar-refractivity contribution in [2.45, 2.75) is 0 Å². The summed E-state index contributed by atoms with van der Waals surface area (Å²) in [5, 5.41) is 7.43. The third-order valence-electron chi connectivity index (χ3n) is 4.68. The van der Waals surface area contributed by atoms with Gasteiger partial charge in [0.2, 0.25) is 0 Å². The molecule has 0 aliphatic carbocycles. The second-order valence-corrected chi connectivity index (χ2v) is 6.41. The van der Waals surface area contributed by atoms with E-state index in [-0.39, 0.29) is 0 Å². The number of rotatable bonds is 3. The van der Waals surface area contributed by atoms with E-state index in [1.165, 1.54) is 0 Å². The lowest BCUT2D eigenvalue weighted by Crippen LogP contribution is -1.89. The minimum Gasteiger partial charge on any atom is -0.472 e. The first-order valence-electron chi connectivity index (χ1n) is 8.86. The minimum atomic E-state index is 0.582. The number of hydrogen-bond acceptors (Lipinski definition) is 7. The quantitative estimate of drug-likeness (QED) is 0.481. The fraction of sp³-hybridized carbons (Fsp3) is 0. The predicted octanol–water partition coefficient (Wildman–Crippen LogP) is 3.61. The third-order valence-corrected chi connectivity index (χ3v) is 4.68. The van der Waals surface area contributed by atoms with Crippen LogP contribution < -0.4 is 0 Å². The minimum absolute atomic E-state index is 0.582. The molecule has 0 unspecified atom stereocenters. The van der Waals surface area contributed by atoms with Crippen molar-refractivity contribution in [1.29, 1.82) is 0 Å². The topological polar surface area (TPSA) is 122 Å². The SMILES string of the molecule is c1cnc(-c2ccc3[nH]nc(-c4nc5nccc(-c6ccoc6)c5[nH]4)c3n2)cn1. The highest BCUT2D eigenvalue weighted by atomic mass is 16.3. The number of hydrogen-bond donors (Lipinski definition) is 2. The van der Waals surface area contributed by atoms with Gasteiger partial charge >= 0.3 is 0 Å². The van der Waals surface area contributed by atoms with Crippen LogP contribution in [-0.2, 0) is 0 Å². The molecule has 138 valence electrons. The van der Waals surface area contributed by atoms with Crippen molar-refractivity contribution in [2.24, 2.45) is 0 Å². The molecule has 0 bridgehead atoms. The van der Waals surface area contributed by atoms with Gasteiger partial charge in [-0.1, -0.05) is 0 Å². The molecule has 9 nitrogen and oxygen atoms in total. The van der Waals surface area contributed by atoms with Gasteiger partial charge in [0.25, 0.3) is 0 Å². The molecule has 9 heteroatoms. The van der Waals surface area contributed by atoms with Crippen LogP contribution in [-0.4, -0.2) is 40.1 Å². The summed E-state index contributed by atoms with van der Waals surface area (Å²) in [5.41, 5.74) is 6.81. The van der Waals surface area contributed by atoms with Gasteiger partial charge in [0.05, 0.1) is 35.5 Å². The Bertz CT molecular complexity index is 1450. The van der Waals surface area contributed by atoms with E-state index in [1.807, 2.05) is 24.3 Å². The number of imidazole rings is 1. The molecule has 0 saturated heterocycles. The van der Waals surface area contributed by atoms with Crippen LogP contribution in [0.25, 0.3) is 56.2 Å². The van der Waals surface area contributed by atoms with Gasteiger partial charge in [-0.25, -0.2) is 15.0 Å². The Morgan fingerprint density at radius 3 is 2.76 bits per heavy atom. The first-order valence-corrected chi connectivity index (χ1v) is 8.86. The maximum absolute atomic E-state index is 5.22. The number of nitrogens with zero attached hydrogens (tertiary/aromatic N) is 6. The maximum atomic E-state index is 5.22. The zero-order chi connectivity index (χ0) is 19.2. The average Bonchev–Trinajstić information content (AvgIpc) is 3.52. The average molecular weight is 380 g/mol. The van der Waals surface area contributed by atoms with Gasteiger partial charge in [-0.15, -0.1) is 0 Å². The maximum Gasteiger partial charge on any atom is 0.178 e. The summed E-state index contributed by atoms with van der Waals surface area (Å²) in [6, 6.07) is 7.61. The molecule has 6 heterocycles. The predicted molar refractivity (Wildman–Crippen MR) is 105 cm³/mol. The van der Waals surface area contributed by atoms with Crippen LogP contribution in [0.3, 0.4) is 0 Å². The molecule has 0 fully saturated rings. The lowest BCUT2D eigenvalue weighted by atomic mass is 10.1. The number of fused-ring (bicyclic) bond motifs is 2. The molecule has 0 atom stereocenters. The fourth-order valence-electron chi connectivity index (χ4n) is 3.32. The molecule has 0 aliphatic rings. The lowest BCUT2D eigenvalue weighted by Gasteiger charge is -1.99. The van der Waals surface area contributed by atoms with Crippen LogP contribution in [0.15, 0.2) is 66.0 Å². The van der Waals surface area contributed by atoms with E-state index in [9.17, 15) is 0 Å². The van der Waals surface area contributed by atoms with E-state index >= 15 is 0 Å². The van der Waals surface area contributed by atoms with Gasteiger partial charge in [0.15, 0.2) is 17.2 Å². The lowest BCUT2D eigenvalue weighted by molar-refractivity contribution is 0.568. The van der Waals surface area contributed by atoms with Gasteiger partial charge in [-0.2, -0.15) is 5.10 Å². The van der Waals surface area contributed by atoms with Crippen molar-refractivity contribution >= 4 is 22.2 Å². The molecule has 6 aromatic rings. The van der Waals surface area contributed by atoms with Crippen LogP contribution in [0, 0.1) is 0 Å². The largest absolute Gasteiger partial charge is 0.472 e. The summed E-state index contributed by atoms with van der Waals surface area (Å²) in [7, 11) is 0. The van der Waals surface area contributed by atoms with Crippen LogP contribution in [0.1, 0.15) is 0 Å². The zero-order valence-corrected chi connectivity index (χ0v) is 14.9. The van der Waals surface area contributed by atoms with E-state index < -0.39 is 0 Å².